The number of aromatic amines is 1. The number of pyridine rings is 2. The van der Waals surface area contributed by atoms with Crippen molar-refractivity contribution < 1.29 is 38.0 Å². The molecule has 4 atom stereocenters. The number of fused-ring (bicyclic) bond motifs is 3. The van der Waals surface area contributed by atoms with E-state index in [2.05, 4.69) is 25.8 Å². The number of carbonyl (C=O) groups is 2. The minimum Gasteiger partial charge on any atom is -0.497 e. The van der Waals surface area contributed by atoms with Gasteiger partial charge in [-0.15, -0.1) is 0 Å². The standard InChI is InChI=1S/C22H23N5O3.C22H26N4O5.C2H6/c1-12(13-6-21(28)24-9-13)30-22-17-11-27(2)26-20(17)8-19(25-22)16-10-23-18-5-4-14(29-3)7-15(16)18;1-12(14-8-20(27)23-10-14)31-22-15-11-26(2)25-17(15)9-16(24-22)13-6-18(28-3)21(30-5)19(7-13)29-4;1-2/h4-5,7-8,10-13,23H,6,9H2,1-3H3,(H,24,28);6-7,9,11-12,14H,8,10H2,1-5H3,(H,23,27);1-2H3/t12-,13-;12-,14-;/m11./s1. The summed E-state index contributed by atoms with van der Waals surface area (Å²) in [4.78, 5) is 36.1. The third kappa shape index (κ3) is 9.27. The third-order valence-electron chi connectivity index (χ3n) is 11.2. The van der Waals surface area contributed by atoms with Gasteiger partial charge in [0.05, 0.1) is 61.6 Å². The zero-order valence-corrected chi connectivity index (χ0v) is 37.4. The van der Waals surface area contributed by atoms with Crippen molar-refractivity contribution in [2.45, 2.75) is 52.7 Å². The smallest absolute Gasteiger partial charge is 0.225 e. The molecule has 2 fully saturated rings. The molecule has 0 unspecified atom stereocenters. The van der Waals surface area contributed by atoms with Gasteiger partial charge in [-0.3, -0.25) is 19.0 Å². The van der Waals surface area contributed by atoms with E-state index in [1.54, 1.807) is 37.8 Å². The summed E-state index contributed by atoms with van der Waals surface area (Å²) in [5, 5.41) is 17.5. The summed E-state index contributed by atoms with van der Waals surface area (Å²) in [5.74, 6) is 3.68. The molecule has 0 aliphatic carbocycles. The van der Waals surface area contributed by atoms with E-state index in [0.717, 1.165) is 55.3 Å². The number of amides is 2. The molecule has 0 spiro atoms. The second kappa shape index (κ2) is 18.9. The number of ether oxygens (including phenoxy) is 6. The van der Waals surface area contributed by atoms with Crippen LogP contribution in [0.2, 0.25) is 0 Å². The maximum atomic E-state index is 11.6. The summed E-state index contributed by atoms with van der Waals surface area (Å²) in [6.07, 6.45) is 6.30. The average molecular weight is 862 g/mol. The van der Waals surface area contributed by atoms with Gasteiger partial charge >= 0.3 is 0 Å². The zero-order valence-electron chi connectivity index (χ0n) is 37.4. The van der Waals surface area contributed by atoms with Crippen LogP contribution >= 0.6 is 0 Å². The van der Waals surface area contributed by atoms with Crippen molar-refractivity contribution in [1.29, 1.82) is 0 Å². The summed E-state index contributed by atoms with van der Waals surface area (Å²) in [6, 6.07) is 13.4. The van der Waals surface area contributed by atoms with Crippen LogP contribution in [0.1, 0.15) is 40.5 Å². The molecule has 0 bridgehead atoms. The normalized spacial score (nSPS) is 16.7. The largest absolute Gasteiger partial charge is 0.497 e. The Bertz CT molecular complexity index is 2730. The molecule has 2 aliphatic heterocycles. The van der Waals surface area contributed by atoms with Crippen molar-refractivity contribution in [1.82, 2.24) is 45.1 Å². The third-order valence-corrected chi connectivity index (χ3v) is 11.2. The molecule has 2 aliphatic rings. The highest BCUT2D eigenvalue weighted by Gasteiger charge is 2.30. The summed E-state index contributed by atoms with van der Waals surface area (Å²) >= 11 is 0. The number of H-pyrrole nitrogens is 1. The molecule has 2 saturated heterocycles. The van der Waals surface area contributed by atoms with Gasteiger partial charge in [0.25, 0.3) is 0 Å². The van der Waals surface area contributed by atoms with Crippen LogP contribution in [0.5, 0.6) is 34.8 Å². The van der Waals surface area contributed by atoms with Crippen LogP contribution in [0.25, 0.3) is 55.2 Å². The Morgan fingerprint density at radius 3 is 1.67 bits per heavy atom. The molecule has 2 amide bonds. The second-order valence-electron chi connectivity index (χ2n) is 15.3. The molecule has 2 aromatic carbocycles. The van der Waals surface area contributed by atoms with Gasteiger partial charge in [-0.2, -0.15) is 10.2 Å². The van der Waals surface area contributed by atoms with Crippen molar-refractivity contribution in [3.8, 4) is 57.3 Å². The average Bonchev–Trinajstić information content (AvgIpc) is 4.15. The van der Waals surface area contributed by atoms with Crippen LogP contribution in [0.4, 0.5) is 0 Å². The van der Waals surface area contributed by atoms with Crippen LogP contribution in [0, 0.1) is 11.8 Å². The Labute approximate surface area is 365 Å². The Kier molecular flexibility index (Phi) is 13.2. The number of nitrogens with zero attached hydrogens (tertiary/aromatic N) is 6. The van der Waals surface area contributed by atoms with E-state index in [0.29, 0.717) is 60.6 Å². The van der Waals surface area contributed by atoms with Gasteiger partial charge in [0, 0.05) is 92.5 Å². The molecule has 17 nitrogen and oxygen atoms in total. The number of hydrogen-bond acceptors (Lipinski definition) is 12. The molecule has 332 valence electrons. The fourth-order valence-corrected chi connectivity index (χ4v) is 7.81. The minimum atomic E-state index is -0.190. The number of aromatic nitrogens is 7. The molecule has 63 heavy (non-hydrogen) atoms. The highest BCUT2D eigenvalue weighted by Crippen LogP contribution is 2.42. The lowest BCUT2D eigenvalue weighted by molar-refractivity contribution is -0.120. The second-order valence-corrected chi connectivity index (χ2v) is 15.3. The van der Waals surface area contributed by atoms with Gasteiger partial charge < -0.3 is 44.0 Å². The molecule has 7 aromatic rings. The quantitative estimate of drug-likeness (QED) is 0.119. The van der Waals surface area contributed by atoms with Crippen LogP contribution in [-0.4, -0.2) is 100 Å². The summed E-state index contributed by atoms with van der Waals surface area (Å²) in [5.41, 5.74) is 5.72. The van der Waals surface area contributed by atoms with Crippen molar-refractivity contribution in [2.75, 3.05) is 41.5 Å². The van der Waals surface area contributed by atoms with Crippen molar-refractivity contribution in [3.63, 3.8) is 0 Å². The predicted molar refractivity (Wildman–Crippen MR) is 240 cm³/mol. The Balaban J connectivity index is 0.000000182. The van der Waals surface area contributed by atoms with E-state index in [1.807, 2.05) is 103 Å². The minimum absolute atomic E-state index is 0.0473. The first kappa shape index (κ1) is 44.0. The molecule has 5 aromatic heterocycles. The van der Waals surface area contributed by atoms with E-state index in [1.165, 1.54) is 0 Å². The SMILES string of the molecule is CC.COc1cc(-c2cc3nn(C)cc3c(O[C@H](C)[C@H]3CNC(=O)C3)n2)cc(OC)c1OC.COc1ccc2[nH]cc(-c3cc4nn(C)cc4c(O[C@H](C)[C@H]4CNC(=O)C4)n3)c2c1. The van der Waals surface area contributed by atoms with Gasteiger partial charge in [-0.25, -0.2) is 9.97 Å². The number of methoxy groups -OCH3 is 4. The Morgan fingerprint density at radius 1 is 0.667 bits per heavy atom. The zero-order chi connectivity index (χ0) is 44.9. The molecule has 7 heterocycles. The van der Waals surface area contributed by atoms with Crippen molar-refractivity contribution in [3.05, 3.63) is 61.1 Å². The molecule has 9 rings (SSSR count). The van der Waals surface area contributed by atoms with Crippen LogP contribution in [-0.2, 0) is 23.7 Å². The summed E-state index contributed by atoms with van der Waals surface area (Å²) in [7, 11) is 10.1. The molecule has 3 N–H and O–H groups in total. The monoisotopic (exact) mass is 861 g/mol. The molecule has 0 radical (unpaired) electrons. The molecular formula is C46H55N9O8. The van der Waals surface area contributed by atoms with Crippen molar-refractivity contribution >= 4 is 44.5 Å². The van der Waals surface area contributed by atoms with E-state index < -0.39 is 0 Å². The lowest BCUT2D eigenvalue weighted by Crippen LogP contribution is -2.26. The van der Waals surface area contributed by atoms with Gasteiger partial charge in [0.1, 0.15) is 18.0 Å². The number of aryl methyl sites for hydroxylation is 2. The lowest BCUT2D eigenvalue weighted by atomic mass is 10.0. The number of rotatable bonds is 12. The summed E-state index contributed by atoms with van der Waals surface area (Å²) in [6.45, 7) is 9.17. The number of benzene rings is 2. The molecular weight excluding hydrogens is 807 g/mol. The van der Waals surface area contributed by atoms with Crippen LogP contribution in [0.3, 0.4) is 0 Å². The highest BCUT2D eigenvalue weighted by atomic mass is 16.5. The number of hydrogen-bond donors (Lipinski definition) is 3. The van der Waals surface area contributed by atoms with Crippen molar-refractivity contribution in [2.24, 2.45) is 25.9 Å². The first-order chi connectivity index (χ1) is 30.4. The first-order valence-electron chi connectivity index (χ1n) is 21.0. The Morgan fingerprint density at radius 2 is 1.19 bits per heavy atom. The van der Waals surface area contributed by atoms with Crippen LogP contribution in [0.15, 0.2) is 61.1 Å². The van der Waals surface area contributed by atoms with E-state index >= 15 is 0 Å². The fraction of sp³-hybridized carbons (Fsp3) is 0.391. The molecule has 0 saturated carbocycles. The number of nitrogens with one attached hydrogen (secondary N) is 3. The van der Waals surface area contributed by atoms with Gasteiger partial charge in [-0.1, -0.05) is 13.8 Å². The summed E-state index contributed by atoms with van der Waals surface area (Å²) < 4.78 is 37.8. The van der Waals surface area contributed by atoms with E-state index in [9.17, 15) is 9.59 Å². The highest BCUT2D eigenvalue weighted by molar-refractivity contribution is 5.98. The van der Waals surface area contributed by atoms with E-state index in [-0.39, 0.29) is 35.9 Å². The Hall–Kier alpha value is -7.04. The maximum absolute atomic E-state index is 11.6. The first-order valence-corrected chi connectivity index (χ1v) is 21.0. The predicted octanol–water partition coefficient (Wildman–Crippen LogP) is 6.62. The fourth-order valence-electron chi connectivity index (χ4n) is 7.81. The van der Waals surface area contributed by atoms with Gasteiger partial charge in [0.2, 0.25) is 29.3 Å². The maximum Gasteiger partial charge on any atom is 0.225 e. The lowest BCUT2D eigenvalue weighted by Gasteiger charge is -2.20. The topological polar surface area (TPSA) is 191 Å². The van der Waals surface area contributed by atoms with Gasteiger partial charge in [-0.05, 0) is 56.3 Å². The van der Waals surface area contributed by atoms with E-state index in [4.69, 9.17) is 38.4 Å². The number of carbonyl (C=O) groups excluding carboxylic acids is 2. The van der Waals surface area contributed by atoms with Gasteiger partial charge in [0.15, 0.2) is 11.5 Å². The molecule has 17 heteroatoms. The van der Waals surface area contributed by atoms with Crippen LogP contribution < -0.4 is 39.1 Å².